The fourth-order valence-corrected chi connectivity index (χ4v) is 1.75. The Kier molecular flexibility index (Phi) is 2.14. The predicted molar refractivity (Wildman–Crippen MR) is 54.1 cm³/mol. The van der Waals surface area contributed by atoms with E-state index in [0.717, 1.165) is 15.9 Å². The monoisotopic (exact) mass is 237 g/mol. The zero-order valence-electron chi connectivity index (χ0n) is 7.11. The molecule has 0 bridgehead atoms. The lowest BCUT2D eigenvalue weighted by atomic mass is 10.3. The molecule has 0 aliphatic rings. The van der Waals surface area contributed by atoms with Crippen LogP contribution >= 0.6 is 15.9 Å². The lowest BCUT2D eigenvalue weighted by molar-refractivity contribution is 0.773. The first kappa shape index (κ1) is 8.44. The van der Waals surface area contributed by atoms with E-state index >= 15 is 0 Å². The third kappa shape index (κ3) is 1.49. The van der Waals surface area contributed by atoms with Crippen LogP contribution in [0.1, 0.15) is 0 Å². The molecule has 0 aliphatic carbocycles. The molecule has 0 saturated carbocycles. The van der Waals surface area contributed by atoms with Crippen LogP contribution in [0.2, 0.25) is 0 Å². The number of aryl methyl sites for hydroxylation is 1. The predicted octanol–water partition coefficient (Wildman–Crippen LogP) is 2.24. The molecule has 0 aromatic carbocycles. The van der Waals surface area contributed by atoms with Crippen molar-refractivity contribution in [2.45, 2.75) is 0 Å². The van der Waals surface area contributed by atoms with E-state index in [0.29, 0.717) is 0 Å². The van der Waals surface area contributed by atoms with Crippen molar-refractivity contribution in [3.8, 4) is 11.4 Å². The molecular formula is C9H8BrN3. The molecule has 4 heteroatoms. The number of pyridine rings is 1. The van der Waals surface area contributed by atoms with Crippen molar-refractivity contribution in [1.29, 1.82) is 0 Å². The molecule has 2 rings (SSSR count). The summed E-state index contributed by atoms with van der Waals surface area (Å²) >= 11 is 3.43. The first-order chi connectivity index (χ1) is 6.29. The summed E-state index contributed by atoms with van der Waals surface area (Å²) in [6.07, 6.45) is 3.54. The molecule has 2 heterocycles. The van der Waals surface area contributed by atoms with Crippen molar-refractivity contribution in [1.82, 2.24) is 14.8 Å². The summed E-state index contributed by atoms with van der Waals surface area (Å²) < 4.78 is 2.76. The van der Waals surface area contributed by atoms with Crippen molar-refractivity contribution in [2.24, 2.45) is 7.05 Å². The quantitative estimate of drug-likeness (QED) is 0.762. The Hall–Kier alpha value is -1.16. The molecule has 0 fully saturated rings. The van der Waals surface area contributed by atoms with Crippen LogP contribution in [0.25, 0.3) is 11.4 Å². The van der Waals surface area contributed by atoms with Gasteiger partial charge in [-0.3, -0.25) is 9.67 Å². The summed E-state index contributed by atoms with van der Waals surface area (Å²) in [6, 6.07) is 5.82. The highest BCUT2D eigenvalue weighted by molar-refractivity contribution is 9.10. The van der Waals surface area contributed by atoms with E-state index in [1.165, 1.54) is 0 Å². The lowest BCUT2D eigenvalue weighted by Gasteiger charge is -2.00. The van der Waals surface area contributed by atoms with Crippen LogP contribution in [0.3, 0.4) is 0 Å². The Morgan fingerprint density at radius 3 is 2.77 bits per heavy atom. The molecule has 3 nitrogen and oxygen atoms in total. The van der Waals surface area contributed by atoms with Gasteiger partial charge in [-0.2, -0.15) is 5.10 Å². The second-order valence-corrected chi connectivity index (χ2v) is 3.53. The largest absolute Gasteiger partial charge is 0.265 e. The number of nitrogens with zero attached hydrogens (tertiary/aromatic N) is 3. The topological polar surface area (TPSA) is 30.7 Å². The number of hydrogen-bond acceptors (Lipinski definition) is 2. The third-order valence-corrected chi connectivity index (χ3v) is 2.38. The average Bonchev–Trinajstić information content (AvgIpc) is 2.48. The van der Waals surface area contributed by atoms with Crippen molar-refractivity contribution in [3.63, 3.8) is 0 Å². The number of hydrogen-bond donors (Lipinski definition) is 0. The molecule has 0 unspecified atom stereocenters. The maximum Gasteiger partial charge on any atom is 0.100 e. The van der Waals surface area contributed by atoms with E-state index in [-0.39, 0.29) is 0 Å². The molecule has 0 N–H and O–H groups in total. The van der Waals surface area contributed by atoms with Gasteiger partial charge in [0, 0.05) is 13.2 Å². The minimum atomic E-state index is 0.925. The summed E-state index contributed by atoms with van der Waals surface area (Å²) in [5.74, 6) is 0. The summed E-state index contributed by atoms with van der Waals surface area (Å²) in [6.45, 7) is 0. The van der Waals surface area contributed by atoms with Gasteiger partial charge in [0.25, 0.3) is 0 Å². The Labute approximate surface area is 84.5 Å². The molecule has 66 valence electrons. The van der Waals surface area contributed by atoms with Gasteiger partial charge in [-0.1, -0.05) is 6.07 Å². The molecule has 0 radical (unpaired) electrons. The lowest BCUT2D eigenvalue weighted by Crippen LogP contribution is -1.94. The zero-order valence-corrected chi connectivity index (χ0v) is 8.69. The summed E-state index contributed by atoms with van der Waals surface area (Å²) in [5.41, 5.74) is 1.93. The molecule has 2 aromatic heterocycles. The van der Waals surface area contributed by atoms with E-state index < -0.39 is 0 Å². The molecular weight excluding hydrogens is 230 g/mol. The SMILES string of the molecule is Cn1ncc(Br)c1-c1ccccn1. The zero-order chi connectivity index (χ0) is 9.26. The summed E-state index contributed by atoms with van der Waals surface area (Å²) in [7, 11) is 1.90. The van der Waals surface area contributed by atoms with Crippen LogP contribution in [0.5, 0.6) is 0 Å². The summed E-state index contributed by atoms with van der Waals surface area (Å²) in [5, 5.41) is 4.12. The van der Waals surface area contributed by atoms with Crippen molar-refractivity contribution < 1.29 is 0 Å². The van der Waals surface area contributed by atoms with Gasteiger partial charge in [-0.15, -0.1) is 0 Å². The molecule has 0 amide bonds. The van der Waals surface area contributed by atoms with Crippen molar-refractivity contribution in [2.75, 3.05) is 0 Å². The van der Waals surface area contributed by atoms with Crippen molar-refractivity contribution >= 4 is 15.9 Å². The van der Waals surface area contributed by atoms with Crippen LogP contribution in [-0.2, 0) is 7.05 Å². The van der Waals surface area contributed by atoms with Crippen LogP contribution in [-0.4, -0.2) is 14.8 Å². The molecule has 0 spiro atoms. The Bertz CT molecular complexity index is 389. The molecule has 2 aromatic rings. The van der Waals surface area contributed by atoms with Gasteiger partial charge in [0.05, 0.1) is 16.4 Å². The number of rotatable bonds is 1. The smallest absolute Gasteiger partial charge is 0.100 e. The number of halogens is 1. The molecule has 13 heavy (non-hydrogen) atoms. The van der Waals surface area contributed by atoms with E-state index in [2.05, 4.69) is 26.0 Å². The van der Waals surface area contributed by atoms with Gasteiger partial charge in [0.2, 0.25) is 0 Å². The van der Waals surface area contributed by atoms with E-state index in [1.54, 1.807) is 17.1 Å². The van der Waals surface area contributed by atoms with Crippen LogP contribution in [0.4, 0.5) is 0 Å². The van der Waals surface area contributed by atoms with Crippen LogP contribution < -0.4 is 0 Å². The van der Waals surface area contributed by atoms with Gasteiger partial charge in [0.15, 0.2) is 0 Å². The Balaban J connectivity index is 2.59. The average molecular weight is 238 g/mol. The highest BCUT2D eigenvalue weighted by Crippen LogP contribution is 2.24. The fourth-order valence-electron chi connectivity index (χ4n) is 1.20. The fraction of sp³-hybridized carbons (Fsp3) is 0.111. The van der Waals surface area contributed by atoms with Gasteiger partial charge >= 0.3 is 0 Å². The minimum absolute atomic E-state index is 0.925. The standard InChI is InChI=1S/C9H8BrN3/c1-13-9(7(10)6-12-13)8-4-2-3-5-11-8/h2-6H,1H3. The minimum Gasteiger partial charge on any atom is -0.265 e. The van der Waals surface area contributed by atoms with Crippen LogP contribution in [0, 0.1) is 0 Å². The van der Waals surface area contributed by atoms with E-state index in [1.807, 2.05) is 25.2 Å². The number of aromatic nitrogens is 3. The maximum absolute atomic E-state index is 4.25. The molecule has 0 atom stereocenters. The Morgan fingerprint density at radius 2 is 2.23 bits per heavy atom. The van der Waals surface area contributed by atoms with Crippen molar-refractivity contribution in [3.05, 3.63) is 35.1 Å². The highest BCUT2D eigenvalue weighted by Gasteiger charge is 2.08. The normalized spacial score (nSPS) is 10.3. The highest BCUT2D eigenvalue weighted by atomic mass is 79.9. The van der Waals surface area contributed by atoms with Gasteiger partial charge in [-0.25, -0.2) is 0 Å². The second-order valence-electron chi connectivity index (χ2n) is 2.68. The summed E-state index contributed by atoms with van der Waals surface area (Å²) in [4.78, 5) is 4.25. The second kappa shape index (κ2) is 3.30. The molecule has 0 saturated heterocycles. The first-order valence-electron chi connectivity index (χ1n) is 3.88. The van der Waals surface area contributed by atoms with Gasteiger partial charge in [-0.05, 0) is 28.1 Å². The maximum atomic E-state index is 4.25. The Morgan fingerprint density at radius 1 is 1.38 bits per heavy atom. The molecule has 0 aliphatic heterocycles. The van der Waals surface area contributed by atoms with Gasteiger partial charge < -0.3 is 0 Å². The first-order valence-corrected chi connectivity index (χ1v) is 4.67. The van der Waals surface area contributed by atoms with Gasteiger partial charge in [0.1, 0.15) is 5.69 Å². The van der Waals surface area contributed by atoms with Crippen LogP contribution in [0.15, 0.2) is 35.1 Å². The third-order valence-electron chi connectivity index (χ3n) is 1.80. The van der Waals surface area contributed by atoms with E-state index in [9.17, 15) is 0 Å². The van der Waals surface area contributed by atoms with E-state index in [4.69, 9.17) is 0 Å².